The molecule has 1 aliphatic heterocycles. The highest BCUT2D eigenvalue weighted by atomic mass is 16.5. The van der Waals surface area contributed by atoms with E-state index in [0.29, 0.717) is 12.5 Å². The number of hydrogen-bond acceptors (Lipinski definition) is 4. The molecule has 0 radical (unpaired) electrons. The third-order valence-electron chi connectivity index (χ3n) is 6.38. The largest absolute Gasteiger partial charge is 0.467 e. The van der Waals surface area contributed by atoms with Crippen molar-refractivity contribution in [2.45, 2.75) is 58.0 Å². The zero-order chi connectivity index (χ0) is 16.1. The molecule has 0 aromatic heterocycles. The second-order valence-electron chi connectivity index (χ2n) is 7.84. The van der Waals surface area contributed by atoms with Crippen molar-refractivity contribution in [3.63, 3.8) is 0 Å². The average molecular weight is 308 g/mol. The number of amides is 1. The summed E-state index contributed by atoms with van der Waals surface area (Å²) < 4.78 is 4.96. The van der Waals surface area contributed by atoms with Gasteiger partial charge in [0, 0.05) is 12.5 Å². The third-order valence-corrected chi connectivity index (χ3v) is 6.38. The molecule has 22 heavy (non-hydrogen) atoms. The second-order valence-corrected chi connectivity index (χ2v) is 7.84. The van der Waals surface area contributed by atoms with Crippen LogP contribution in [0.25, 0.3) is 0 Å². The maximum Gasteiger partial charge on any atom is 0.328 e. The number of fused-ring (bicyclic) bond motifs is 1. The van der Waals surface area contributed by atoms with Gasteiger partial charge in [0.2, 0.25) is 5.91 Å². The molecule has 124 valence electrons. The molecule has 1 heterocycles. The zero-order valence-electron chi connectivity index (χ0n) is 13.9. The Morgan fingerprint density at radius 3 is 2.45 bits per heavy atom. The molecule has 0 aromatic carbocycles. The Balaban J connectivity index is 1.73. The third kappa shape index (κ3) is 2.34. The summed E-state index contributed by atoms with van der Waals surface area (Å²) in [7, 11) is 1.40. The van der Waals surface area contributed by atoms with Crippen LogP contribution in [0, 0.1) is 23.2 Å². The molecule has 1 unspecified atom stereocenters. The standard InChI is InChI=1S/C17H28N2O3/c1-17(2)11-9-19(14(12(11)17)16(21)22-3)15(20)13(18)10-7-5-4-6-8-10/h10-14H,4-9,18H2,1-3H3/t11?,12-,13-,14-/m0/s1. The van der Waals surface area contributed by atoms with E-state index < -0.39 is 12.1 Å². The molecule has 0 spiro atoms. The number of hydrogen-bond donors (Lipinski definition) is 1. The number of piperidine rings is 1. The van der Waals surface area contributed by atoms with Gasteiger partial charge in [0.15, 0.2) is 0 Å². The van der Waals surface area contributed by atoms with E-state index in [1.165, 1.54) is 13.5 Å². The first kappa shape index (κ1) is 15.8. The number of likely N-dealkylation sites (tertiary alicyclic amines) is 1. The quantitative estimate of drug-likeness (QED) is 0.803. The predicted octanol–water partition coefficient (Wildman–Crippen LogP) is 1.55. The van der Waals surface area contributed by atoms with E-state index in [2.05, 4.69) is 13.8 Å². The van der Waals surface area contributed by atoms with E-state index >= 15 is 0 Å². The molecule has 4 atom stereocenters. The van der Waals surface area contributed by atoms with E-state index in [1.54, 1.807) is 4.90 Å². The predicted molar refractivity (Wildman–Crippen MR) is 82.8 cm³/mol. The molecule has 2 aliphatic carbocycles. The number of carbonyl (C=O) groups excluding carboxylic acids is 2. The summed E-state index contributed by atoms with van der Waals surface area (Å²) in [4.78, 5) is 26.8. The van der Waals surface area contributed by atoms with Gasteiger partial charge in [0.25, 0.3) is 0 Å². The summed E-state index contributed by atoms with van der Waals surface area (Å²) in [5.41, 5.74) is 6.39. The molecular formula is C17H28N2O3. The molecule has 3 fully saturated rings. The van der Waals surface area contributed by atoms with Crippen molar-refractivity contribution in [2.24, 2.45) is 28.9 Å². The van der Waals surface area contributed by atoms with Gasteiger partial charge in [-0.3, -0.25) is 4.79 Å². The van der Waals surface area contributed by atoms with E-state index in [1.807, 2.05) is 0 Å². The highest BCUT2D eigenvalue weighted by Gasteiger charge is 2.70. The number of methoxy groups -OCH3 is 1. The lowest BCUT2D eigenvalue weighted by Gasteiger charge is -2.34. The SMILES string of the molecule is COC(=O)[C@@H]1[C@@H]2C(CN1C(=O)[C@@H](N)C1CCCCC1)C2(C)C. The van der Waals surface area contributed by atoms with Crippen LogP contribution >= 0.6 is 0 Å². The fourth-order valence-electron chi connectivity index (χ4n) is 4.79. The number of carbonyl (C=O) groups is 2. The van der Waals surface area contributed by atoms with Crippen LogP contribution in [0.5, 0.6) is 0 Å². The number of rotatable bonds is 3. The Bertz CT molecular complexity index is 471. The van der Waals surface area contributed by atoms with Gasteiger partial charge in [-0.15, -0.1) is 0 Å². The molecule has 1 amide bonds. The number of nitrogens with zero attached hydrogens (tertiary/aromatic N) is 1. The van der Waals surface area contributed by atoms with Gasteiger partial charge < -0.3 is 15.4 Å². The maximum absolute atomic E-state index is 12.8. The molecule has 5 nitrogen and oxygen atoms in total. The Morgan fingerprint density at radius 1 is 1.23 bits per heavy atom. The summed E-state index contributed by atoms with van der Waals surface area (Å²) in [6.45, 7) is 4.99. The molecule has 2 N–H and O–H groups in total. The average Bonchev–Trinajstić information content (AvgIpc) is 2.90. The van der Waals surface area contributed by atoms with Crippen molar-refractivity contribution >= 4 is 11.9 Å². The van der Waals surface area contributed by atoms with Crippen LogP contribution in [0.4, 0.5) is 0 Å². The van der Waals surface area contributed by atoms with Crippen LogP contribution in [-0.4, -0.2) is 42.5 Å². The van der Waals surface area contributed by atoms with Crippen molar-refractivity contribution in [2.75, 3.05) is 13.7 Å². The Morgan fingerprint density at radius 2 is 1.86 bits per heavy atom. The van der Waals surface area contributed by atoms with Crippen molar-refractivity contribution in [1.82, 2.24) is 4.90 Å². The van der Waals surface area contributed by atoms with Gasteiger partial charge in [-0.2, -0.15) is 0 Å². The van der Waals surface area contributed by atoms with Gasteiger partial charge in [-0.1, -0.05) is 33.1 Å². The molecular weight excluding hydrogens is 280 g/mol. The van der Waals surface area contributed by atoms with Crippen molar-refractivity contribution < 1.29 is 14.3 Å². The van der Waals surface area contributed by atoms with E-state index in [9.17, 15) is 9.59 Å². The molecule has 3 aliphatic rings. The van der Waals surface area contributed by atoms with Crippen LogP contribution in [0.2, 0.25) is 0 Å². The van der Waals surface area contributed by atoms with E-state index in [4.69, 9.17) is 10.5 Å². The van der Waals surface area contributed by atoms with Gasteiger partial charge in [0.05, 0.1) is 13.2 Å². The highest BCUT2D eigenvalue weighted by molar-refractivity contribution is 5.89. The summed E-state index contributed by atoms with van der Waals surface area (Å²) in [5.74, 6) is 0.554. The summed E-state index contributed by atoms with van der Waals surface area (Å²) >= 11 is 0. The minimum atomic E-state index is -0.465. The normalized spacial score (nSPS) is 34.9. The molecule has 2 saturated carbocycles. The number of nitrogens with two attached hydrogens (primary N) is 1. The van der Waals surface area contributed by atoms with E-state index in [0.717, 1.165) is 25.7 Å². The topological polar surface area (TPSA) is 72.6 Å². The first-order valence-corrected chi connectivity index (χ1v) is 8.53. The summed E-state index contributed by atoms with van der Waals surface area (Å²) in [6.07, 6.45) is 5.61. The van der Waals surface area contributed by atoms with Gasteiger partial charge in [0.1, 0.15) is 6.04 Å². The molecule has 3 rings (SSSR count). The van der Waals surface area contributed by atoms with Crippen LogP contribution in [0.1, 0.15) is 46.0 Å². The molecule has 1 saturated heterocycles. The second kappa shape index (κ2) is 5.52. The first-order valence-electron chi connectivity index (χ1n) is 8.53. The van der Waals surface area contributed by atoms with Crippen LogP contribution in [0.3, 0.4) is 0 Å². The molecule has 0 bridgehead atoms. The van der Waals surface area contributed by atoms with Crippen molar-refractivity contribution in [3.8, 4) is 0 Å². The fourth-order valence-corrected chi connectivity index (χ4v) is 4.79. The molecule has 0 aromatic rings. The smallest absolute Gasteiger partial charge is 0.328 e. The maximum atomic E-state index is 12.8. The van der Waals surface area contributed by atoms with Crippen molar-refractivity contribution in [1.29, 1.82) is 0 Å². The lowest BCUT2D eigenvalue weighted by molar-refractivity contribution is -0.154. The zero-order valence-corrected chi connectivity index (χ0v) is 13.9. The fraction of sp³-hybridized carbons (Fsp3) is 0.882. The number of ether oxygens (including phenoxy) is 1. The molecule has 5 heteroatoms. The monoisotopic (exact) mass is 308 g/mol. The Labute approximate surface area is 132 Å². The van der Waals surface area contributed by atoms with E-state index in [-0.39, 0.29) is 29.1 Å². The summed E-state index contributed by atoms with van der Waals surface area (Å²) in [6, 6.07) is -0.903. The Kier molecular flexibility index (Phi) is 3.96. The van der Waals surface area contributed by atoms with Crippen LogP contribution in [0.15, 0.2) is 0 Å². The van der Waals surface area contributed by atoms with Gasteiger partial charge >= 0.3 is 5.97 Å². The van der Waals surface area contributed by atoms with Gasteiger partial charge in [-0.05, 0) is 30.1 Å². The lowest BCUT2D eigenvalue weighted by atomic mass is 9.83. The van der Waals surface area contributed by atoms with Crippen molar-refractivity contribution in [3.05, 3.63) is 0 Å². The minimum Gasteiger partial charge on any atom is -0.467 e. The van der Waals surface area contributed by atoms with Gasteiger partial charge in [-0.25, -0.2) is 4.79 Å². The Hall–Kier alpha value is -1.10. The lowest BCUT2D eigenvalue weighted by Crippen LogP contribution is -2.54. The van der Waals surface area contributed by atoms with Crippen LogP contribution < -0.4 is 5.73 Å². The van der Waals surface area contributed by atoms with Crippen LogP contribution in [-0.2, 0) is 14.3 Å². The number of esters is 1. The minimum absolute atomic E-state index is 0.0506. The first-order chi connectivity index (χ1) is 10.4. The highest BCUT2D eigenvalue weighted by Crippen LogP contribution is 2.65. The summed E-state index contributed by atoms with van der Waals surface area (Å²) in [5, 5.41) is 0.